The summed E-state index contributed by atoms with van der Waals surface area (Å²) >= 11 is 0. The summed E-state index contributed by atoms with van der Waals surface area (Å²) < 4.78 is 11.0. The van der Waals surface area contributed by atoms with Crippen molar-refractivity contribution >= 4 is 35.8 Å². The lowest BCUT2D eigenvalue weighted by Gasteiger charge is -2.29. The molecule has 2 heterocycles. The number of carbonyl (C=O) groups excluding carboxylic acids is 1. The Balaban J connectivity index is 0.00000289. The van der Waals surface area contributed by atoms with Gasteiger partial charge in [0.25, 0.3) is 5.91 Å². The van der Waals surface area contributed by atoms with Gasteiger partial charge in [0, 0.05) is 41.9 Å². The van der Waals surface area contributed by atoms with E-state index in [1.54, 1.807) is 36.4 Å². The fraction of sp³-hybridized carbons (Fsp3) is 0.348. The third-order valence-electron chi connectivity index (χ3n) is 5.52. The summed E-state index contributed by atoms with van der Waals surface area (Å²) in [7, 11) is 0. The number of nitrogens with zero attached hydrogens (tertiary/aromatic N) is 1. The van der Waals surface area contributed by atoms with Crippen LogP contribution in [-0.4, -0.2) is 60.6 Å². The number of ether oxygens (including phenoxy) is 2. The van der Waals surface area contributed by atoms with E-state index in [9.17, 15) is 9.59 Å². The van der Waals surface area contributed by atoms with E-state index in [2.05, 4.69) is 5.32 Å². The Morgan fingerprint density at radius 1 is 1.09 bits per heavy atom. The van der Waals surface area contributed by atoms with Crippen LogP contribution >= 0.6 is 12.4 Å². The monoisotopic (exact) mass is 459 g/mol. The van der Waals surface area contributed by atoms with Crippen LogP contribution in [0.3, 0.4) is 0 Å². The number of carboxylic acid groups (broad SMARTS) is 1. The lowest BCUT2D eigenvalue weighted by molar-refractivity contribution is -0.138. The molecule has 2 aliphatic heterocycles. The van der Waals surface area contributed by atoms with Crippen LogP contribution in [0.4, 0.5) is 5.69 Å². The molecule has 2 aromatic carbocycles. The zero-order chi connectivity index (χ0) is 21.8. The molecular formula is C23H26ClN3O5. The second-order valence-electron chi connectivity index (χ2n) is 7.78. The molecule has 0 bridgehead atoms. The summed E-state index contributed by atoms with van der Waals surface area (Å²) in [4.78, 5) is 25.5. The lowest BCUT2D eigenvalue weighted by Crippen LogP contribution is -2.40. The number of amides is 1. The second kappa shape index (κ2) is 10.5. The van der Waals surface area contributed by atoms with Crippen LogP contribution in [0.2, 0.25) is 0 Å². The van der Waals surface area contributed by atoms with Crippen molar-refractivity contribution in [1.29, 1.82) is 5.41 Å². The number of hydrogen-bond donors (Lipinski definition) is 3. The van der Waals surface area contributed by atoms with Crippen LogP contribution in [0.1, 0.15) is 27.9 Å². The number of fused-ring (bicyclic) bond motifs is 1. The second-order valence-corrected chi connectivity index (χ2v) is 7.78. The van der Waals surface area contributed by atoms with Gasteiger partial charge in [-0.3, -0.25) is 15.0 Å². The third kappa shape index (κ3) is 5.57. The van der Waals surface area contributed by atoms with Crippen LogP contribution < -0.4 is 10.1 Å². The molecule has 9 heteroatoms. The van der Waals surface area contributed by atoms with Gasteiger partial charge in [-0.25, -0.2) is 0 Å². The van der Waals surface area contributed by atoms with Crippen LogP contribution in [0.25, 0.3) is 0 Å². The van der Waals surface area contributed by atoms with Crippen LogP contribution in [0.5, 0.6) is 5.75 Å². The highest BCUT2D eigenvalue weighted by atomic mass is 35.5. The number of anilines is 1. The minimum atomic E-state index is -0.827. The predicted octanol–water partition coefficient (Wildman–Crippen LogP) is 3.04. The molecule has 2 aromatic rings. The summed E-state index contributed by atoms with van der Waals surface area (Å²) in [5, 5.41) is 20.2. The summed E-state index contributed by atoms with van der Waals surface area (Å²) in [5.41, 5.74) is 2.82. The van der Waals surface area contributed by atoms with Gasteiger partial charge in [0.1, 0.15) is 11.6 Å². The van der Waals surface area contributed by atoms with Crippen molar-refractivity contribution < 1.29 is 24.2 Å². The van der Waals surface area contributed by atoms with E-state index in [4.69, 9.17) is 20.0 Å². The summed E-state index contributed by atoms with van der Waals surface area (Å²) in [5.74, 6) is -0.00630. The highest BCUT2D eigenvalue weighted by Gasteiger charge is 2.23. The molecule has 4 rings (SSSR count). The van der Waals surface area contributed by atoms with Gasteiger partial charge in [-0.15, -0.1) is 12.4 Å². The first-order chi connectivity index (χ1) is 15.0. The Kier molecular flexibility index (Phi) is 7.71. The largest absolute Gasteiger partial charge is 0.493 e. The molecule has 3 N–H and O–H groups in total. The van der Waals surface area contributed by atoms with Crippen molar-refractivity contribution in [1.82, 2.24) is 4.90 Å². The Bertz CT molecular complexity index is 990. The average molecular weight is 460 g/mol. The van der Waals surface area contributed by atoms with Gasteiger partial charge >= 0.3 is 5.97 Å². The van der Waals surface area contributed by atoms with Crippen molar-refractivity contribution in [3.63, 3.8) is 0 Å². The molecule has 0 spiro atoms. The average Bonchev–Trinajstić information content (AvgIpc) is 2.79. The van der Waals surface area contributed by atoms with Gasteiger partial charge < -0.3 is 24.8 Å². The van der Waals surface area contributed by atoms with Crippen molar-refractivity contribution in [2.24, 2.45) is 5.92 Å². The molecule has 2 aliphatic rings. The number of rotatable bonds is 5. The van der Waals surface area contributed by atoms with Crippen LogP contribution in [0.15, 0.2) is 42.5 Å². The van der Waals surface area contributed by atoms with E-state index in [-0.39, 0.29) is 30.7 Å². The Labute approximate surface area is 192 Å². The number of halogens is 1. The molecule has 1 saturated heterocycles. The van der Waals surface area contributed by atoms with Crippen molar-refractivity contribution in [2.45, 2.75) is 12.8 Å². The topological polar surface area (TPSA) is 112 Å². The lowest BCUT2D eigenvalue weighted by atomic mass is 9.94. The fourth-order valence-electron chi connectivity index (χ4n) is 3.84. The molecule has 0 saturated carbocycles. The van der Waals surface area contributed by atoms with Crippen LogP contribution in [-0.2, 0) is 16.0 Å². The first kappa shape index (κ1) is 23.6. The number of nitrogens with one attached hydrogen (secondary N) is 2. The number of carbonyl (C=O) groups is 2. The van der Waals surface area contributed by atoms with Gasteiger partial charge in [0.05, 0.1) is 26.2 Å². The molecule has 8 nitrogen and oxygen atoms in total. The maximum absolute atomic E-state index is 12.6. The van der Waals surface area contributed by atoms with Gasteiger partial charge in [-0.2, -0.15) is 0 Å². The Morgan fingerprint density at radius 3 is 2.47 bits per heavy atom. The van der Waals surface area contributed by atoms with E-state index in [0.717, 1.165) is 11.1 Å². The summed E-state index contributed by atoms with van der Waals surface area (Å²) in [6.07, 6.45) is 0.726. The molecule has 0 aromatic heterocycles. The maximum Gasteiger partial charge on any atom is 0.303 e. The van der Waals surface area contributed by atoms with E-state index >= 15 is 0 Å². The molecule has 1 fully saturated rings. The van der Waals surface area contributed by atoms with Crippen molar-refractivity contribution in [3.8, 4) is 5.75 Å². The smallest absolute Gasteiger partial charge is 0.303 e. The quantitative estimate of drug-likeness (QED) is 0.468. The predicted molar refractivity (Wildman–Crippen MR) is 122 cm³/mol. The first-order valence-corrected chi connectivity index (χ1v) is 10.3. The zero-order valence-electron chi connectivity index (χ0n) is 17.5. The molecule has 1 atom stereocenters. The molecule has 1 amide bonds. The zero-order valence-corrected chi connectivity index (χ0v) is 18.3. The molecule has 0 aliphatic carbocycles. The molecular weight excluding hydrogens is 434 g/mol. The highest BCUT2D eigenvalue weighted by Crippen LogP contribution is 2.31. The van der Waals surface area contributed by atoms with Gasteiger partial charge in [-0.05, 0) is 30.2 Å². The maximum atomic E-state index is 12.6. The number of hydrogen-bond acceptors (Lipinski definition) is 5. The van der Waals surface area contributed by atoms with Gasteiger partial charge in [0.15, 0.2) is 0 Å². The SMILES string of the molecule is Cl.N=C(c1ccc(C(=O)Nc2ccc3c(c2)OCC(CC(=O)O)C3)cc1)N1CCOCC1. The molecule has 0 radical (unpaired) electrons. The van der Waals surface area contributed by atoms with Crippen molar-refractivity contribution in [3.05, 3.63) is 59.2 Å². The van der Waals surface area contributed by atoms with Gasteiger partial charge in [0.2, 0.25) is 0 Å². The number of amidine groups is 1. The molecule has 170 valence electrons. The van der Waals surface area contributed by atoms with Crippen molar-refractivity contribution in [2.75, 3.05) is 38.2 Å². The minimum absolute atomic E-state index is 0. The number of benzene rings is 2. The Hall–Kier alpha value is -3.10. The van der Waals surface area contributed by atoms with E-state index in [1.807, 2.05) is 11.0 Å². The van der Waals surface area contributed by atoms with Crippen LogP contribution in [0, 0.1) is 11.3 Å². The number of carboxylic acids is 1. The molecule has 32 heavy (non-hydrogen) atoms. The van der Waals surface area contributed by atoms with Gasteiger partial charge in [-0.1, -0.05) is 18.2 Å². The van der Waals surface area contributed by atoms with E-state index < -0.39 is 5.97 Å². The minimum Gasteiger partial charge on any atom is -0.493 e. The number of morpholine rings is 1. The highest BCUT2D eigenvalue weighted by molar-refractivity contribution is 6.05. The van der Waals surface area contributed by atoms with E-state index in [1.165, 1.54) is 0 Å². The van der Waals surface area contributed by atoms with E-state index in [0.29, 0.717) is 62.2 Å². The first-order valence-electron chi connectivity index (χ1n) is 10.3. The summed E-state index contributed by atoms with van der Waals surface area (Å²) in [6.45, 7) is 2.98. The number of aliphatic carboxylic acids is 1. The normalized spacial score (nSPS) is 17.4. The molecule has 1 unspecified atom stereocenters. The Morgan fingerprint density at radius 2 is 1.78 bits per heavy atom. The fourth-order valence-corrected chi connectivity index (χ4v) is 3.84. The summed E-state index contributed by atoms with van der Waals surface area (Å²) in [6, 6.07) is 12.4. The standard InChI is InChI=1S/C23H25N3O5.ClH/c24-22(26-7-9-30-10-8-26)16-1-3-17(4-2-16)23(29)25-19-6-5-18-11-15(12-21(27)28)14-31-20(18)13-19;/h1-6,13,15,24H,7-12,14H2,(H,25,29)(H,27,28);1H. The third-order valence-corrected chi connectivity index (χ3v) is 5.52.